The van der Waals surface area contributed by atoms with Crippen molar-refractivity contribution in [2.45, 2.75) is 82.2 Å². The Kier molecular flexibility index (Phi) is 6.35. The van der Waals surface area contributed by atoms with Gasteiger partial charge in [0, 0.05) is 41.7 Å². The number of aromatic nitrogens is 2. The molecule has 2 unspecified atom stereocenters. The largest absolute Gasteiger partial charge is 0.478 e. The van der Waals surface area contributed by atoms with Gasteiger partial charge in [-0.15, -0.1) is 0 Å². The Hall–Kier alpha value is -3.44. The van der Waals surface area contributed by atoms with Gasteiger partial charge in [0.25, 0.3) is 0 Å². The Morgan fingerprint density at radius 3 is 2.56 bits per heavy atom. The molecular weight excluding hydrogens is 553 g/mol. The summed E-state index contributed by atoms with van der Waals surface area (Å²) in [6.45, 7) is 2.30. The molecule has 2 aromatic carbocycles. The molecule has 41 heavy (non-hydrogen) atoms. The monoisotopic (exact) mass is 582 g/mol. The smallest absolute Gasteiger partial charge is 0.417 e. The van der Waals surface area contributed by atoms with E-state index in [1.54, 1.807) is 29.5 Å². The first-order chi connectivity index (χ1) is 19.7. The molecule has 0 radical (unpaired) electrons. The number of aryl methyl sites for hydroxylation is 1. The first-order valence-electron chi connectivity index (χ1n) is 14.0. The van der Waals surface area contributed by atoms with Gasteiger partial charge in [0.05, 0.1) is 21.3 Å². The molecule has 2 bridgehead atoms. The number of benzene rings is 2. The van der Waals surface area contributed by atoms with Crippen LogP contribution in [0.5, 0.6) is 0 Å². The number of carboxylic acid groups (broad SMARTS) is 1. The van der Waals surface area contributed by atoms with E-state index in [9.17, 15) is 23.1 Å². The van der Waals surface area contributed by atoms with Crippen molar-refractivity contribution < 1.29 is 27.6 Å². The number of piperidine rings is 1. The van der Waals surface area contributed by atoms with Gasteiger partial charge >= 0.3 is 12.1 Å². The number of fused-ring (bicyclic) bond motifs is 3. The lowest BCUT2D eigenvalue weighted by atomic mass is 9.96. The molecule has 0 spiro atoms. The van der Waals surface area contributed by atoms with Crippen LogP contribution in [0.2, 0.25) is 0 Å². The van der Waals surface area contributed by atoms with Crippen LogP contribution in [0.4, 0.5) is 18.3 Å². The first-order valence-corrected chi connectivity index (χ1v) is 14.8. The SMILES string of the molecule is Cc1cc(C(=O)O)cc2sc(N3C4CCC3CC(NCc3c(-c5ccccc5C(F)(F)F)noc3C3CC3)C4)nc12. The Labute approximate surface area is 238 Å². The lowest BCUT2D eigenvalue weighted by Gasteiger charge is -2.39. The molecule has 2 N–H and O–H groups in total. The summed E-state index contributed by atoms with van der Waals surface area (Å²) in [5.41, 5.74) is 2.33. The molecule has 2 aromatic heterocycles. The van der Waals surface area contributed by atoms with E-state index in [-0.39, 0.29) is 28.8 Å². The first kappa shape index (κ1) is 26.5. The van der Waals surface area contributed by atoms with Crippen LogP contribution in [0.15, 0.2) is 40.9 Å². The van der Waals surface area contributed by atoms with E-state index in [1.807, 2.05) is 6.92 Å². The summed E-state index contributed by atoms with van der Waals surface area (Å²) in [6.07, 6.45) is 1.31. The lowest BCUT2D eigenvalue weighted by molar-refractivity contribution is -0.137. The van der Waals surface area contributed by atoms with Gasteiger partial charge in [-0.2, -0.15) is 13.2 Å². The zero-order valence-electron chi connectivity index (χ0n) is 22.4. The van der Waals surface area contributed by atoms with Gasteiger partial charge in [-0.3, -0.25) is 0 Å². The number of hydrogen-bond donors (Lipinski definition) is 2. The maximum absolute atomic E-state index is 13.8. The van der Waals surface area contributed by atoms with Gasteiger partial charge in [-0.25, -0.2) is 9.78 Å². The number of aromatic carboxylic acids is 1. The number of nitrogens with zero attached hydrogens (tertiary/aromatic N) is 3. The van der Waals surface area contributed by atoms with E-state index < -0.39 is 17.7 Å². The second kappa shape index (κ2) is 9.84. The predicted octanol–water partition coefficient (Wildman–Crippen LogP) is 7.14. The van der Waals surface area contributed by atoms with Gasteiger partial charge in [-0.1, -0.05) is 34.7 Å². The zero-order valence-corrected chi connectivity index (χ0v) is 23.2. The van der Waals surface area contributed by atoms with Crippen molar-refractivity contribution in [3.63, 3.8) is 0 Å². The van der Waals surface area contributed by atoms with Gasteiger partial charge in [-0.05, 0) is 69.2 Å². The van der Waals surface area contributed by atoms with Crippen molar-refractivity contribution in [3.8, 4) is 11.3 Å². The number of rotatable bonds is 7. The second-order valence-corrected chi connectivity index (χ2v) is 12.5. The fraction of sp³-hybridized carbons (Fsp3) is 0.433. The topological polar surface area (TPSA) is 91.5 Å². The number of hydrogen-bond acceptors (Lipinski definition) is 7. The van der Waals surface area contributed by atoms with Crippen molar-refractivity contribution in [1.82, 2.24) is 15.5 Å². The van der Waals surface area contributed by atoms with E-state index in [0.717, 1.165) is 71.1 Å². The molecule has 2 saturated heterocycles. The van der Waals surface area contributed by atoms with Crippen LogP contribution in [0, 0.1) is 6.92 Å². The average molecular weight is 583 g/mol. The van der Waals surface area contributed by atoms with Gasteiger partial charge in [0.2, 0.25) is 0 Å². The maximum atomic E-state index is 13.8. The molecule has 0 amide bonds. The van der Waals surface area contributed by atoms with Gasteiger partial charge < -0.3 is 19.8 Å². The molecular formula is C30H29F3N4O3S. The number of alkyl halides is 3. The predicted molar refractivity (Wildman–Crippen MR) is 149 cm³/mol. The van der Waals surface area contributed by atoms with Crippen LogP contribution in [0.1, 0.15) is 77.3 Å². The third-order valence-electron chi connectivity index (χ3n) is 8.70. The third kappa shape index (κ3) is 4.78. The minimum atomic E-state index is -4.49. The molecule has 3 fully saturated rings. The molecule has 11 heteroatoms. The fourth-order valence-corrected chi connectivity index (χ4v) is 7.86. The van der Waals surface area contributed by atoms with Crippen molar-refractivity contribution in [1.29, 1.82) is 0 Å². The number of halogens is 3. The van der Waals surface area contributed by atoms with E-state index in [1.165, 1.54) is 12.1 Å². The highest BCUT2D eigenvalue weighted by Crippen LogP contribution is 2.46. The summed E-state index contributed by atoms with van der Waals surface area (Å²) in [4.78, 5) is 18.9. The summed E-state index contributed by atoms with van der Waals surface area (Å²) in [7, 11) is 0. The highest BCUT2D eigenvalue weighted by atomic mass is 32.1. The van der Waals surface area contributed by atoms with Gasteiger partial charge in [0.15, 0.2) is 5.13 Å². The van der Waals surface area contributed by atoms with Crippen LogP contribution < -0.4 is 10.2 Å². The van der Waals surface area contributed by atoms with E-state index >= 15 is 0 Å². The van der Waals surface area contributed by atoms with Crippen LogP contribution >= 0.6 is 11.3 Å². The Balaban J connectivity index is 1.11. The highest BCUT2D eigenvalue weighted by Gasteiger charge is 2.43. The minimum absolute atomic E-state index is 0.0551. The van der Waals surface area contributed by atoms with Crippen LogP contribution in [-0.4, -0.2) is 39.3 Å². The number of thiazole rings is 1. The molecule has 1 saturated carbocycles. The molecule has 4 aromatic rings. The molecule has 7 rings (SSSR count). The molecule has 2 aliphatic heterocycles. The highest BCUT2D eigenvalue weighted by molar-refractivity contribution is 7.22. The number of carbonyl (C=O) groups is 1. The zero-order chi connectivity index (χ0) is 28.5. The lowest BCUT2D eigenvalue weighted by Crippen LogP contribution is -2.49. The quantitative estimate of drug-likeness (QED) is 0.239. The molecule has 2 atom stereocenters. The second-order valence-electron chi connectivity index (χ2n) is 11.5. The summed E-state index contributed by atoms with van der Waals surface area (Å²) in [5.74, 6) is -0.0247. The third-order valence-corrected chi connectivity index (χ3v) is 9.71. The van der Waals surface area contributed by atoms with E-state index in [4.69, 9.17) is 9.51 Å². The van der Waals surface area contributed by atoms with Crippen molar-refractivity contribution in [3.05, 3.63) is 64.4 Å². The average Bonchev–Trinajstić information content (AvgIpc) is 3.44. The van der Waals surface area contributed by atoms with Crippen LogP contribution in [0.25, 0.3) is 21.5 Å². The van der Waals surface area contributed by atoms with Crippen LogP contribution in [-0.2, 0) is 12.7 Å². The number of nitrogens with one attached hydrogen (secondary N) is 1. The van der Waals surface area contributed by atoms with E-state index in [2.05, 4.69) is 15.4 Å². The summed E-state index contributed by atoms with van der Waals surface area (Å²) < 4.78 is 48.0. The normalized spacial score (nSPS) is 22.5. The number of carboxylic acids is 1. The Morgan fingerprint density at radius 1 is 1.15 bits per heavy atom. The molecule has 214 valence electrons. The maximum Gasteiger partial charge on any atom is 0.417 e. The van der Waals surface area contributed by atoms with Crippen molar-refractivity contribution >= 4 is 32.7 Å². The number of anilines is 1. The molecule has 7 nitrogen and oxygen atoms in total. The van der Waals surface area contributed by atoms with Gasteiger partial charge in [0.1, 0.15) is 11.5 Å². The molecule has 1 aliphatic carbocycles. The van der Waals surface area contributed by atoms with E-state index in [0.29, 0.717) is 24.4 Å². The van der Waals surface area contributed by atoms with Crippen molar-refractivity contribution in [2.24, 2.45) is 0 Å². The summed E-state index contributed by atoms with van der Waals surface area (Å²) >= 11 is 1.54. The molecule has 3 aliphatic rings. The summed E-state index contributed by atoms with van der Waals surface area (Å²) in [6, 6.07) is 9.72. The van der Waals surface area contributed by atoms with Crippen LogP contribution in [0.3, 0.4) is 0 Å². The minimum Gasteiger partial charge on any atom is -0.478 e. The fourth-order valence-electron chi connectivity index (χ4n) is 6.63. The Morgan fingerprint density at radius 2 is 1.88 bits per heavy atom. The Bertz CT molecular complexity index is 1630. The standard InChI is InChI=1S/C30H29F3N4O3S/c1-15-10-17(28(38)39)11-24-25(15)35-29(41-24)37-19-8-9-20(37)13-18(12-19)34-14-22-26(36-40-27(22)16-6-7-16)21-4-2-3-5-23(21)30(31,32)33/h2-5,10-11,16,18-20,34H,6-9,12-14H2,1H3,(H,38,39). The van der Waals surface area contributed by atoms with Crippen molar-refractivity contribution in [2.75, 3.05) is 4.90 Å². The summed E-state index contributed by atoms with van der Waals surface area (Å²) in [5, 5.41) is 18.2. The molecule has 4 heterocycles.